The van der Waals surface area contributed by atoms with Gasteiger partial charge in [-0.1, -0.05) is 42.5 Å². The molecule has 1 aliphatic heterocycles. The predicted octanol–water partition coefficient (Wildman–Crippen LogP) is 2.00. The van der Waals surface area contributed by atoms with E-state index in [4.69, 9.17) is 0 Å². The van der Waals surface area contributed by atoms with E-state index in [1.165, 1.54) is 5.56 Å². The third kappa shape index (κ3) is 2.82. The standard InChI is InChI=1S/C17H18N2O2/c20-11-13-6-2-4-8-16(13)19-17(21)15-10-18-9-12-5-1-3-7-14(12)15/h1-8,15,18,20H,9-11H2,(H,19,21). The Hall–Kier alpha value is -2.17. The minimum atomic E-state index is -0.207. The van der Waals surface area contributed by atoms with Gasteiger partial charge >= 0.3 is 0 Å². The van der Waals surface area contributed by atoms with Crippen molar-refractivity contribution in [2.45, 2.75) is 19.1 Å². The number of aliphatic hydroxyl groups is 1. The fraction of sp³-hybridized carbons (Fsp3) is 0.235. The average molecular weight is 282 g/mol. The van der Waals surface area contributed by atoms with Crippen LogP contribution >= 0.6 is 0 Å². The van der Waals surface area contributed by atoms with Crippen LogP contribution in [0.5, 0.6) is 0 Å². The predicted molar refractivity (Wildman–Crippen MR) is 81.9 cm³/mol. The molecule has 1 atom stereocenters. The van der Waals surface area contributed by atoms with Crippen molar-refractivity contribution in [2.75, 3.05) is 11.9 Å². The fourth-order valence-corrected chi connectivity index (χ4v) is 2.73. The first-order valence-electron chi connectivity index (χ1n) is 7.07. The number of nitrogens with one attached hydrogen (secondary N) is 2. The largest absolute Gasteiger partial charge is 0.392 e. The third-order valence-corrected chi connectivity index (χ3v) is 3.86. The maximum Gasteiger partial charge on any atom is 0.233 e. The number of amides is 1. The first kappa shape index (κ1) is 13.8. The van der Waals surface area contributed by atoms with Gasteiger partial charge in [0.15, 0.2) is 0 Å². The molecule has 0 aliphatic carbocycles. The van der Waals surface area contributed by atoms with E-state index in [0.29, 0.717) is 12.2 Å². The van der Waals surface area contributed by atoms with Gasteiger partial charge in [0, 0.05) is 24.3 Å². The van der Waals surface area contributed by atoms with Gasteiger partial charge in [-0.15, -0.1) is 0 Å². The highest BCUT2D eigenvalue weighted by Crippen LogP contribution is 2.26. The van der Waals surface area contributed by atoms with Crippen LogP contribution in [0.25, 0.3) is 0 Å². The Morgan fingerprint density at radius 2 is 1.95 bits per heavy atom. The fourth-order valence-electron chi connectivity index (χ4n) is 2.73. The zero-order valence-electron chi connectivity index (χ0n) is 11.7. The second-order valence-electron chi connectivity index (χ2n) is 5.19. The van der Waals surface area contributed by atoms with Gasteiger partial charge in [-0.05, 0) is 17.2 Å². The van der Waals surface area contributed by atoms with Crippen molar-refractivity contribution >= 4 is 11.6 Å². The molecule has 4 heteroatoms. The summed E-state index contributed by atoms with van der Waals surface area (Å²) < 4.78 is 0. The molecule has 3 N–H and O–H groups in total. The van der Waals surface area contributed by atoms with E-state index >= 15 is 0 Å². The highest BCUT2D eigenvalue weighted by molar-refractivity contribution is 5.97. The number of fused-ring (bicyclic) bond motifs is 1. The number of benzene rings is 2. The monoisotopic (exact) mass is 282 g/mol. The maximum atomic E-state index is 12.6. The van der Waals surface area contributed by atoms with Gasteiger partial charge in [0.05, 0.1) is 12.5 Å². The summed E-state index contributed by atoms with van der Waals surface area (Å²) in [7, 11) is 0. The summed E-state index contributed by atoms with van der Waals surface area (Å²) in [6.07, 6.45) is 0. The van der Waals surface area contributed by atoms with Gasteiger partial charge in [0.2, 0.25) is 5.91 Å². The van der Waals surface area contributed by atoms with Crippen molar-refractivity contribution in [1.82, 2.24) is 5.32 Å². The van der Waals surface area contributed by atoms with Crippen LogP contribution in [0.2, 0.25) is 0 Å². The number of aliphatic hydroxyl groups excluding tert-OH is 1. The van der Waals surface area contributed by atoms with Gasteiger partial charge in [0.25, 0.3) is 0 Å². The Balaban J connectivity index is 1.84. The molecule has 4 nitrogen and oxygen atoms in total. The quantitative estimate of drug-likeness (QED) is 0.807. The minimum Gasteiger partial charge on any atom is -0.392 e. The number of para-hydroxylation sites is 1. The zero-order chi connectivity index (χ0) is 14.7. The van der Waals surface area contributed by atoms with Crippen LogP contribution in [-0.2, 0) is 17.9 Å². The number of rotatable bonds is 3. The highest BCUT2D eigenvalue weighted by Gasteiger charge is 2.26. The molecular weight excluding hydrogens is 264 g/mol. The normalized spacial score (nSPS) is 17.1. The Morgan fingerprint density at radius 1 is 1.19 bits per heavy atom. The summed E-state index contributed by atoms with van der Waals surface area (Å²) in [6, 6.07) is 15.3. The van der Waals surface area contributed by atoms with Crippen molar-refractivity contribution in [1.29, 1.82) is 0 Å². The van der Waals surface area contributed by atoms with Crippen LogP contribution in [0.15, 0.2) is 48.5 Å². The summed E-state index contributed by atoms with van der Waals surface area (Å²) in [5, 5.41) is 15.5. The molecule has 108 valence electrons. The molecule has 0 radical (unpaired) electrons. The summed E-state index contributed by atoms with van der Waals surface area (Å²) in [4.78, 5) is 12.6. The van der Waals surface area contributed by atoms with E-state index < -0.39 is 0 Å². The second kappa shape index (κ2) is 6.08. The smallest absolute Gasteiger partial charge is 0.233 e. The van der Waals surface area contributed by atoms with Crippen LogP contribution in [-0.4, -0.2) is 17.6 Å². The molecule has 0 saturated carbocycles. The molecule has 1 amide bonds. The van der Waals surface area contributed by atoms with Crippen LogP contribution in [0.4, 0.5) is 5.69 Å². The van der Waals surface area contributed by atoms with Gasteiger partial charge in [-0.2, -0.15) is 0 Å². The number of carbonyl (C=O) groups excluding carboxylic acids is 1. The lowest BCUT2D eigenvalue weighted by molar-refractivity contribution is -0.117. The highest BCUT2D eigenvalue weighted by atomic mass is 16.3. The topological polar surface area (TPSA) is 61.4 Å². The molecule has 0 saturated heterocycles. The lowest BCUT2D eigenvalue weighted by Crippen LogP contribution is -2.35. The lowest BCUT2D eigenvalue weighted by Gasteiger charge is -2.25. The molecule has 0 fully saturated rings. The second-order valence-corrected chi connectivity index (χ2v) is 5.19. The van der Waals surface area contributed by atoms with Crippen molar-refractivity contribution in [2.24, 2.45) is 0 Å². The number of hydrogen-bond acceptors (Lipinski definition) is 3. The Kier molecular flexibility index (Phi) is 3.99. The van der Waals surface area contributed by atoms with Gasteiger partial charge in [0.1, 0.15) is 0 Å². The maximum absolute atomic E-state index is 12.6. The van der Waals surface area contributed by atoms with Crippen molar-refractivity contribution in [3.05, 3.63) is 65.2 Å². The molecule has 3 rings (SSSR count). The summed E-state index contributed by atoms with van der Waals surface area (Å²) in [6.45, 7) is 1.34. The average Bonchev–Trinajstić information content (AvgIpc) is 2.54. The van der Waals surface area contributed by atoms with Crippen LogP contribution in [0.1, 0.15) is 22.6 Å². The van der Waals surface area contributed by atoms with E-state index in [9.17, 15) is 9.90 Å². The van der Waals surface area contributed by atoms with Crippen molar-refractivity contribution < 1.29 is 9.90 Å². The van der Waals surface area contributed by atoms with Crippen LogP contribution in [0, 0.1) is 0 Å². The van der Waals surface area contributed by atoms with E-state index in [1.807, 2.05) is 48.5 Å². The number of hydrogen-bond donors (Lipinski definition) is 3. The molecular formula is C17H18N2O2. The Bertz CT molecular complexity index is 655. The molecule has 21 heavy (non-hydrogen) atoms. The summed E-state index contributed by atoms with van der Waals surface area (Å²) in [5.41, 5.74) is 3.64. The zero-order valence-corrected chi connectivity index (χ0v) is 11.7. The molecule has 0 aromatic heterocycles. The van der Waals surface area contributed by atoms with Gasteiger partial charge in [-0.25, -0.2) is 0 Å². The first-order chi connectivity index (χ1) is 10.3. The summed E-state index contributed by atoms with van der Waals surface area (Å²) in [5.74, 6) is -0.253. The molecule has 2 aromatic rings. The number of anilines is 1. The molecule has 0 bridgehead atoms. The van der Waals surface area contributed by atoms with Crippen molar-refractivity contribution in [3.63, 3.8) is 0 Å². The van der Waals surface area contributed by atoms with E-state index in [0.717, 1.165) is 17.7 Å². The molecule has 1 aliphatic rings. The SMILES string of the molecule is O=C(Nc1ccccc1CO)C1CNCc2ccccc21. The first-order valence-corrected chi connectivity index (χ1v) is 7.07. The Morgan fingerprint density at radius 3 is 2.81 bits per heavy atom. The van der Waals surface area contributed by atoms with Crippen LogP contribution < -0.4 is 10.6 Å². The van der Waals surface area contributed by atoms with E-state index in [1.54, 1.807) is 0 Å². The lowest BCUT2D eigenvalue weighted by atomic mass is 9.90. The minimum absolute atomic E-state index is 0.0458. The van der Waals surface area contributed by atoms with Gasteiger partial charge < -0.3 is 15.7 Å². The molecule has 0 spiro atoms. The Labute approximate surface area is 123 Å². The van der Waals surface area contributed by atoms with E-state index in [-0.39, 0.29) is 18.4 Å². The molecule has 1 heterocycles. The third-order valence-electron chi connectivity index (χ3n) is 3.86. The molecule has 1 unspecified atom stereocenters. The van der Waals surface area contributed by atoms with E-state index in [2.05, 4.69) is 10.6 Å². The number of carbonyl (C=O) groups is 1. The van der Waals surface area contributed by atoms with Gasteiger partial charge in [-0.3, -0.25) is 4.79 Å². The molecule has 2 aromatic carbocycles. The van der Waals surface area contributed by atoms with Crippen LogP contribution in [0.3, 0.4) is 0 Å². The summed E-state index contributed by atoms with van der Waals surface area (Å²) >= 11 is 0. The van der Waals surface area contributed by atoms with Crippen molar-refractivity contribution in [3.8, 4) is 0 Å².